The summed E-state index contributed by atoms with van der Waals surface area (Å²) >= 11 is 0. The largest absolute Gasteiger partial charge is 0.460 e. The van der Waals surface area contributed by atoms with E-state index in [0.29, 0.717) is 49.2 Å². The van der Waals surface area contributed by atoms with Gasteiger partial charge >= 0.3 is 12.1 Å². The standard InChI is InChI=1S/C44H57N5O9.C6H12.C2H6/c1-6-12-34(40(52)46-27-39(51)56-28-30-14-9-8-10-15-30)35(13-7-2)48-42(54)37-25-31-16-11-17-33(24-31)57-32-21-18-29(19-22-32)20-23-36(41(53)45-26-38(50)47-37)49-43(55)58-44(3,4)5;1-2-4-6-5-3-1;1-2/h8-11,14-19,21-22,24,34-37H,6-7,12-13,20,23,25-28H2,1-5H3,(H,45,53)(H,46,52)(H,47,50)(H,48,54)(H,49,55);1-6H2;1-2H3. The van der Waals surface area contributed by atoms with Crippen molar-refractivity contribution >= 4 is 35.7 Å². The fourth-order valence-electron chi connectivity index (χ4n) is 7.54. The van der Waals surface area contributed by atoms with Crippen LogP contribution in [0.1, 0.15) is 136 Å². The summed E-state index contributed by atoms with van der Waals surface area (Å²) in [7, 11) is 0. The van der Waals surface area contributed by atoms with Crippen LogP contribution in [0.25, 0.3) is 0 Å². The molecule has 66 heavy (non-hydrogen) atoms. The molecule has 1 fully saturated rings. The molecule has 4 bridgehead atoms. The van der Waals surface area contributed by atoms with Gasteiger partial charge in [-0.15, -0.1) is 0 Å². The van der Waals surface area contributed by atoms with Gasteiger partial charge in [-0.3, -0.25) is 24.0 Å². The van der Waals surface area contributed by atoms with Gasteiger partial charge in [0.1, 0.15) is 42.3 Å². The third kappa shape index (κ3) is 20.9. The Kier molecular flexibility index (Phi) is 24.4. The summed E-state index contributed by atoms with van der Waals surface area (Å²) in [5, 5.41) is 13.7. The zero-order valence-electron chi connectivity index (χ0n) is 40.3. The predicted molar refractivity (Wildman–Crippen MR) is 257 cm³/mol. The molecule has 362 valence electrons. The highest BCUT2D eigenvalue weighted by molar-refractivity contribution is 5.92. The number of carbonyl (C=O) groups is 6. The Labute approximate surface area is 392 Å². The van der Waals surface area contributed by atoms with Gasteiger partial charge in [0.25, 0.3) is 0 Å². The quantitative estimate of drug-likeness (QED) is 0.105. The number of alkyl carbamates (subject to hydrolysis) is 1. The van der Waals surface area contributed by atoms with E-state index in [2.05, 4.69) is 26.6 Å². The average molecular weight is 914 g/mol. The molecule has 14 heteroatoms. The summed E-state index contributed by atoms with van der Waals surface area (Å²) in [6.45, 7) is 12.3. The third-order valence-corrected chi connectivity index (χ3v) is 10.8. The van der Waals surface area contributed by atoms with Gasteiger partial charge in [0.05, 0.1) is 12.5 Å². The lowest BCUT2D eigenvalue weighted by molar-refractivity contribution is -0.145. The van der Waals surface area contributed by atoms with Crippen LogP contribution in [0.2, 0.25) is 0 Å². The van der Waals surface area contributed by atoms with Crippen molar-refractivity contribution in [1.82, 2.24) is 26.6 Å². The molecule has 2 aliphatic heterocycles. The monoisotopic (exact) mass is 914 g/mol. The maximum Gasteiger partial charge on any atom is 0.408 e. The summed E-state index contributed by atoms with van der Waals surface area (Å²) in [4.78, 5) is 79.8. The predicted octanol–water partition coefficient (Wildman–Crippen LogP) is 8.39. The van der Waals surface area contributed by atoms with Gasteiger partial charge in [-0.2, -0.15) is 0 Å². The molecule has 6 rings (SSSR count). The number of amides is 5. The maximum atomic E-state index is 14.2. The van der Waals surface area contributed by atoms with Crippen LogP contribution in [0, 0.1) is 5.92 Å². The number of hydrogen-bond donors (Lipinski definition) is 5. The van der Waals surface area contributed by atoms with Crippen molar-refractivity contribution in [3.05, 3.63) is 95.6 Å². The van der Waals surface area contributed by atoms with E-state index in [4.69, 9.17) is 14.2 Å². The van der Waals surface area contributed by atoms with E-state index in [1.165, 1.54) is 38.5 Å². The molecule has 3 aliphatic rings. The molecule has 0 aromatic heterocycles. The molecule has 4 atom stereocenters. The van der Waals surface area contributed by atoms with E-state index in [-0.39, 0.29) is 26.0 Å². The normalized spacial score (nSPS) is 17.3. The van der Waals surface area contributed by atoms with Crippen molar-refractivity contribution in [3.63, 3.8) is 0 Å². The molecule has 1 saturated carbocycles. The van der Waals surface area contributed by atoms with E-state index < -0.39 is 71.9 Å². The summed E-state index contributed by atoms with van der Waals surface area (Å²) in [6, 6.07) is 21.0. The summed E-state index contributed by atoms with van der Waals surface area (Å²) in [5.74, 6) is -2.35. The average Bonchev–Trinajstić information content (AvgIpc) is 3.31. The molecule has 3 aromatic carbocycles. The van der Waals surface area contributed by atoms with Gasteiger partial charge in [-0.1, -0.05) is 134 Å². The minimum absolute atomic E-state index is 0.0568. The third-order valence-electron chi connectivity index (χ3n) is 10.8. The lowest BCUT2D eigenvalue weighted by Gasteiger charge is -2.29. The minimum atomic E-state index is -1.12. The number of nitrogens with one attached hydrogen (secondary N) is 5. The van der Waals surface area contributed by atoms with Gasteiger partial charge in [0.15, 0.2) is 0 Å². The highest BCUT2D eigenvalue weighted by Crippen LogP contribution is 2.25. The van der Waals surface area contributed by atoms with Crippen molar-refractivity contribution in [2.45, 2.75) is 162 Å². The first-order chi connectivity index (χ1) is 31.7. The SMILES string of the molecule is C1CCCCC1.CC.CCCC(NC(=O)C1Cc2cccc(c2)Oc2ccc(cc2)CCC(NC(=O)OC(C)(C)C)C(=O)NCC(=O)N1)C(CCC)C(=O)NCC(=O)OCc1ccccc1. The van der Waals surface area contributed by atoms with Gasteiger partial charge in [0.2, 0.25) is 23.6 Å². The smallest absolute Gasteiger partial charge is 0.408 e. The van der Waals surface area contributed by atoms with Crippen molar-refractivity contribution < 1.29 is 43.0 Å². The number of benzene rings is 3. The van der Waals surface area contributed by atoms with E-state index in [1.54, 1.807) is 39.0 Å². The molecule has 5 N–H and O–H groups in total. The van der Waals surface area contributed by atoms with Crippen LogP contribution < -0.4 is 31.3 Å². The fourth-order valence-corrected chi connectivity index (χ4v) is 7.54. The molecular formula is C52H75N5O9. The second-order valence-electron chi connectivity index (χ2n) is 17.5. The molecule has 3 aromatic rings. The van der Waals surface area contributed by atoms with Gasteiger partial charge in [0, 0.05) is 12.5 Å². The Morgan fingerprint density at radius 2 is 1.45 bits per heavy atom. The first-order valence-electron chi connectivity index (χ1n) is 23.9. The van der Waals surface area contributed by atoms with Crippen LogP contribution in [0.15, 0.2) is 78.9 Å². The summed E-state index contributed by atoms with van der Waals surface area (Å²) in [6.07, 6.45) is 11.1. The molecule has 5 amide bonds. The number of esters is 1. The summed E-state index contributed by atoms with van der Waals surface area (Å²) < 4.78 is 16.8. The van der Waals surface area contributed by atoms with E-state index >= 15 is 0 Å². The Morgan fingerprint density at radius 1 is 0.803 bits per heavy atom. The zero-order valence-corrected chi connectivity index (χ0v) is 40.3. The molecule has 1 aliphatic carbocycles. The van der Waals surface area contributed by atoms with Crippen molar-refractivity contribution in [3.8, 4) is 11.5 Å². The van der Waals surface area contributed by atoms with Crippen LogP contribution in [-0.4, -0.2) is 72.5 Å². The number of ether oxygens (including phenoxy) is 3. The highest BCUT2D eigenvalue weighted by Gasteiger charge is 2.32. The number of rotatable bonds is 13. The highest BCUT2D eigenvalue weighted by atomic mass is 16.6. The first kappa shape index (κ1) is 54.4. The van der Waals surface area contributed by atoms with Gasteiger partial charge < -0.3 is 40.8 Å². The molecule has 0 radical (unpaired) electrons. The minimum Gasteiger partial charge on any atom is -0.460 e. The van der Waals surface area contributed by atoms with Crippen molar-refractivity contribution in [2.75, 3.05) is 13.1 Å². The van der Waals surface area contributed by atoms with Crippen molar-refractivity contribution in [1.29, 1.82) is 0 Å². The Morgan fingerprint density at radius 3 is 2.08 bits per heavy atom. The molecule has 0 saturated heterocycles. The van der Waals surface area contributed by atoms with Gasteiger partial charge in [-0.25, -0.2) is 4.79 Å². The second kappa shape index (κ2) is 29.6. The summed E-state index contributed by atoms with van der Waals surface area (Å²) in [5.41, 5.74) is 1.61. The second-order valence-corrected chi connectivity index (χ2v) is 17.5. The molecule has 0 spiro atoms. The first-order valence-corrected chi connectivity index (χ1v) is 23.9. The van der Waals surface area contributed by atoms with Crippen LogP contribution in [-0.2, 0) is 52.9 Å². The lowest BCUT2D eigenvalue weighted by Crippen LogP contribution is -2.56. The topological polar surface area (TPSA) is 190 Å². The van der Waals surface area contributed by atoms with Crippen LogP contribution in [0.5, 0.6) is 11.5 Å². The Balaban J connectivity index is 0.00000132. The Hall–Kier alpha value is -5.92. The van der Waals surface area contributed by atoms with Crippen LogP contribution in [0.3, 0.4) is 0 Å². The lowest BCUT2D eigenvalue weighted by atomic mass is 9.90. The molecule has 4 unspecified atom stereocenters. The number of carbonyl (C=O) groups excluding carboxylic acids is 6. The molecule has 14 nitrogen and oxygen atoms in total. The van der Waals surface area contributed by atoms with E-state index in [1.807, 2.05) is 88.4 Å². The number of hydrogen-bond acceptors (Lipinski definition) is 9. The molecular weight excluding hydrogens is 839 g/mol. The maximum absolute atomic E-state index is 14.2. The van der Waals surface area contributed by atoms with E-state index in [9.17, 15) is 28.8 Å². The fraction of sp³-hybridized carbons (Fsp3) is 0.538. The van der Waals surface area contributed by atoms with Crippen LogP contribution in [0.4, 0.5) is 4.79 Å². The van der Waals surface area contributed by atoms with Crippen molar-refractivity contribution in [2.24, 2.45) is 5.92 Å². The van der Waals surface area contributed by atoms with E-state index in [0.717, 1.165) is 11.1 Å². The number of fused-ring (bicyclic) bond motifs is 11. The Bertz CT molecular complexity index is 1940. The van der Waals surface area contributed by atoms with Gasteiger partial charge in [-0.05, 0) is 87.4 Å². The van der Waals surface area contributed by atoms with Crippen LogP contribution >= 0.6 is 0 Å². The zero-order chi connectivity index (χ0) is 48.3. The number of aryl methyl sites for hydroxylation is 1. The molecule has 2 heterocycles.